The molecule has 3 aromatic heterocycles. The van der Waals surface area contributed by atoms with Crippen LogP contribution < -0.4 is 5.73 Å². The van der Waals surface area contributed by atoms with Crippen LogP contribution in [0.4, 0.5) is 5.95 Å². The second kappa shape index (κ2) is 4.59. The van der Waals surface area contributed by atoms with E-state index in [0.717, 1.165) is 34.1 Å². The van der Waals surface area contributed by atoms with E-state index in [1.807, 2.05) is 23.1 Å². The van der Waals surface area contributed by atoms with E-state index in [1.54, 1.807) is 11.3 Å². The van der Waals surface area contributed by atoms with Crippen molar-refractivity contribution in [2.75, 3.05) is 5.73 Å². The normalized spacial score (nSPS) is 13.2. The maximum Gasteiger partial charge on any atom is 0.203 e. The molecule has 0 aliphatic rings. The minimum Gasteiger partial charge on any atom is -0.369 e. The van der Waals surface area contributed by atoms with Gasteiger partial charge in [0, 0.05) is 17.6 Å². The molecule has 3 rings (SSSR count). The molecule has 1 unspecified atom stereocenters. The summed E-state index contributed by atoms with van der Waals surface area (Å²) in [7, 11) is 0. The average molecular weight is 290 g/mol. The molecular formula is C13H18N6S. The number of anilines is 1. The summed E-state index contributed by atoms with van der Waals surface area (Å²) >= 11 is 1.65. The Morgan fingerprint density at radius 2 is 2.10 bits per heavy atom. The molecule has 6 nitrogen and oxygen atoms in total. The zero-order chi connectivity index (χ0) is 14.4. The van der Waals surface area contributed by atoms with Crippen molar-refractivity contribution in [2.24, 2.45) is 0 Å². The van der Waals surface area contributed by atoms with Gasteiger partial charge in [-0.25, -0.2) is 14.6 Å². The minimum absolute atomic E-state index is 0.0556. The lowest BCUT2D eigenvalue weighted by Gasteiger charge is -2.14. The van der Waals surface area contributed by atoms with E-state index in [9.17, 15) is 0 Å². The second-order valence-corrected chi connectivity index (χ2v) is 5.81. The predicted octanol–water partition coefficient (Wildman–Crippen LogP) is 2.52. The summed E-state index contributed by atoms with van der Waals surface area (Å²) in [5.41, 5.74) is 9.92. The Balaban J connectivity index is 2.22. The molecule has 20 heavy (non-hydrogen) atoms. The molecule has 0 saturated heterocycles. The number of imidazole rings is 1. The molecule has 0 saturated carbocycles. The predicted molar refractivity (Wildman–Crippen MR) is 81.0 cm³/mol. The topological polar surface area (TPSA) is 74.6 Å². The summed E-state index contributed by atoms with van der Waals surface area (Å²) < 4.78 is 3.97. The van der Waals surface area contributed by atoms with Gasteiger partial charge >= 0.3 is 0 Å². The fraction of sp³-hybridized carbons (Fsp3) is 0.462. The van der Waals surface area contributed by atoms with Gasteiger partial charge < -0.3 is 5.73 Å². The number of fused-ring (bicyclic) bond motifs is 1. The van der Waals surface area contributed by atoms with Gasteiger partial charge in [-0.05, 0) is 27.7 Å². The van der Waals surface area contributed by atoms with Crippen molar-refractivity contribution >= 4 is 28.4 Å². The Kier molecular flexibility index (Phi) is 3.01. The van der Waals surface area contributed by atoms with Gasteiger partial charge in [-0.15, -0.1) is 11.3 Å². The third-order valence-corrected chi connectivity index (χ3v) is 4.58. The van der Waals surface area contributed by atoms with Gasteiger partial charge in [-0.2, -0.15) is 5.10 Å². The molecule has 0 aromatic carbocycles. The Bertz CT molecular complexity index is 765. The molecule has 106 valence electrons. The van der Waals surface area contributed by atoms with Crippen LogP contribution in [0, 0.1) is 13.8 Å². The van der Waals surface area contributed by atoms with Crippen LogP contribution in [-0.2, 0) is 6.54 Å². The lowest BCUT2D eigenvalue weighted by molar-refractivity contribution is 0.604. The minimum atomic E-state index is 0.0556. The first-order valence-corrected chi connectivity index (χ1v) is 7.53. The van der Waals surface area contributed by atoms with E-state index in [1.165, 1.54) is 0 Å². The summed E-state index contributed by atoms with van der Waals surface area (Å²) in [6.07, 6.45) is 0. The third kappa shape index (κ3) is 1.81. The summed E-state index contributed by atoms with van der Waals surface area (Å²) in [6, 6.07) is 0.0556. The van der Waals surface area contributed by atoms with Crippen LogP contribution in [0.1, 0.15) is 36.3 Å². The van der Waals surface area contributed by atoms with Crippen LogP contribution in [0.15, 0.2) is 5.38 Å². The number of nitrogens with zero attached hydrogens (tertiary/aromatic N) is 5. The maximum atomic E-state index is 6.12. The fourth-order valence-electron chi connectivity index (χ4n) is 2.48. The third-order valence-electron chi connectivity index (χ3n) is 3.45. The highest BCUT2D eigenvalue weighted by Crippen LogP contribution is 2.30. The monoisotopic (exact) mass is 290 g/mol. The molecule has 0 fully saturated rings. The van der Waals surface area contributed by atoms with Gasteiger partial charge in [0.05, 0.1) is 11.7 Å². The molecule has 0 aliphatic carbocycles. The van der Waals surface area contributed by atoms with Gasteiger partial charge in [0.2, 0.25) is 5.95 Å². The first kappa shape index (κ1) is 13.1. The number of aromatic nitrogens is 5. The van der Waals surface area contributed by atoms with Gasteiger partial charge in [-0.1, -0.05) is 0 Å². The number of rotatable bonds is 3. The summed E-state index contributed by atoms with van der Waals surface area (Å²) in [4.78, 5) is 9.03. The largest absolute Gasteiger partial charge is 0.369 e. The highest BCUT2D eigenvalue weighted by Gasteiger charge is 2.22. The van der Waals surface area contributed by atoms with E-state index >= 15 is 0 Å². The van der Waals surface area contributed by atoms with E-state index < -0.39 is 0 Å². The summed E-state index contributed by atoms with van der Waals surface area (Å²) in [5, 5.41) is 7.60. The van der Waals surface area contributed by atoms with Gasteiger partial charge in [0.25, 0.3) is 0 Å². The van der Waals surface area contributed by atoms with Crippen molar-refractivity contribution < 1.29 is 0 Å². The fourth-order valence-corrected chi connectivity index (χ4v) is 3.33. The van der Waals surface area contributed by atoms with Crippen LogP contribution in [0.3, 0.4) is 0 Å². The molecule has 7 heteroatoms. The smallest absolute Gasteiger partial charge is 0.203 e. The lowest BCUT2D eigenvalue weighted by Crippen LogP contribution is -2.13. The molecule has 0 amide bonds. The second-order valence-electron chi connectivity index (χ2n) is 4.92. The van der Waals surface area contributed by atoms with Crippen LogP contribution in [0.2, 0.25) is 0 Å². The molecule has 0 radical (unpaired) electrons. The molecular weight excluding hydrogens is 272 g/mol. The molecule has 0 aliphatic heterocycles. The molecule has 2 N–H and O–H groups in total. The quantitative estimate of drug-likeness (QED) is 0.804. The number of hydrogen-bond donors (Lipinski definition) is 1. The van der Waals surface area contributed by atoms with Crippen LogP contribution in [-0.4, -0.2) is 24.3 Å². The van der Waals surface area contributed by atoms with Gasteiger partial charge in [-0.3, -0.25) is 4.57 Å². The molecule has 0 spiro atoms. The number of thiazole rings is 1. The van der Waals surface area contributed by atoms with E-state index in [0.29, 0.717) is 5.95 Å². The zero-order valence-corrected chi connectivity index (χ0v) is 12.9. The highest BCUT2D eigenvalue weighted by molar-refractivity contribution is 7.09. The number of nitrogen functional groups attached to an aromatic ring is 1. The maximum absolute atomic E-state index is 6.12. The van der Waals surface area contributed by atoms with E-state index in [2.05, 4.69) is 34.3 Å². The van der Waals surface area contributed by atoms with Crippen molar-refractivity contribution in [3.63, 3.8) is 0 Å². The number of nitrogens with two attached hydrogens (primary N) is 1. The first-order valence-electron chi connectivity index (χ1n) is 6.65. The van der Waals surface area contributed by atoms with E-state index in [-0.39, 0.29) is 6.04 Å². The Morgan fingerprint density at radius 3 is 2.70 bits per heavy atom. The zero-order valence-electron chi connectivity index (χ0n) is 12.1. The van der Waals surface area contributed by atoms with Crippen molar-refractivity contribution in [3.05, 3.63) is 21.8 Å². The van der Waals surface area contributed by atoms with Crippen LogP contribution >= 0.6 is 11.3 Å². The molecule has 3 heterocycles. The first-order chi connectivity index (χ1) is 9.52. The van der Waals surface area contributed by atoms with Crippen molar-refractivity contribution in [3.8, 4) is 0 Å². The summed E-state index contributed by atoms with van der Waals surface area (Å²) in [6.45, 7) is 8.91. The molecule has 1 atom stereocenters. The number of hydrogen-bond acceptors (Lipinski definition) is 5. The Morgan fingerprint density at radius 1 is 1.35 bits per heavy atom. The standard InChI is InChI=1S/C13H18N6S/c1-5-18-12-10(8(3)17-18)16-13(14)19(12)9(4)11-15-7(2)6-20-11/h6,9H,5H2,1-4H3,(H2,14,16). The number of aryl methyl sites for hydroxylation is 3. The van der Waals surface area contributed by atoms with E-state index in [4.69, 9.17) is 5.73 Å². The highest BCUT2D eigenvalue weighted by atomic mass is 32.1. The van der Waals surface area contributed by atoms with Crippen molar-refractivity contribution in [2.45, 2.75) is 40.3 Å². The average Bonchev–Trinajstić information content (AvgIpc) is 3.05. The van der Waals surface area contributed by atoms with Gasteiger partial charge in [0.1, 0.15) is 10.5 Å². The van der Waals surface area contributed by atoms with Gasteiger partial charge in [0.15, 0.2) is 5.65 Å². The Labute approximate surface area is 121 Å². The van der Waals surface area contributed by atoms with Crippen molar-refractivity contribution in [1.82, 2.24) is 24.3 Å². The molecule has 0 bridgehead atoms. The van der Waals surface area contributed by atoms with Crippen LogP contribution in [0.25, 0.3) is 11.2 Å². The summed E-state index contributed by atoms with van der Waals surface area (Å²) in [5.74, 6) is 0.517. The SMILES string of the molecule is CCn1nc(C)c2nc(N)n(C(C)c3nc(C)cs3)c21. The molecule has 3 aromatic rings. The lowest BCUT2D eigenvalue weighted by atomic mass is 10.3. The Hall–Kier alpha value is -1.89. The van der Waals surface area contributed by atoms with Crippen LogP contribution in [0.5, 0.6) is 0 Å². The van der Waals surface area contributed by atoms with Crippen molar-refractivity contribution in [1.29, 1.82) is 0 Å².